The summed E-state index contributed by atoms with van der Waals surface area (Å²) < 4.78 is 0. The number of amides is 2. The number of carbonyl (C=O) groups is 2. The lowest BCUT2D eigenvalue weighted by atomic mass is 10.1. The lowest BCUT2D eigenvalue weighted by molar-refractivity contribution is -0.115. The summed E-state index contributed by atoms with van der Waals surface area (Å²) in [6.45, 7) is 4.03. The number of thiophene rings is 1. The summed E-state index contributed by atoms with van der Waals surface area (Å²) in [7, 11) is 0. The van der Waals surface area contributed by atoms with Gasteiger partial charge in [0, 0.05) is 10.6 Å². The van der Waals surface area contributed by atoms with Crippen molar-refractivity contribution in [1.29, 1.82) is 0 Å². The summed E-state index contributed by atoms with van der Waals surface area (Å²) in [5.74, 6) is -0.390. The van der Waals surface area contributed by atoms with Gasteiger partial charge < -0.3 is 10.6 Å². The highest BCUT2D eigenvalue weighted by molar-refractivity contribution is 7.10. The first kappa shape index (κ1) is 17.9. The minimum atomic E-state index is -0.250. The molecule has 2 N–H and O–H groups in total. The van der Waals surface area contributed by atoms with Crippen molar-refractivity contribution in [3.8, 4) is 0 Å². The van der Waals surface area contributed by atoms with Crippen molar-refractivity contribution in [3.63, 3.8) is 0 Å². The molecule has 0 spiro atoms. The second-order valence-corrected chi connectivity index (χ2v) is 7.14. The average Bonchev–Trinajstić information content (AvgIpc) is 3.11. The van der Waals surface area contributed by atoms with Crippen LogP contribution in [-0.2, 0) is 11.2 Å². The molecule has 26 heavy (non-hydrogen) atoms. The number of carbonyl (C=O) groups excluding carboxylic acids is 2. The second kappa shape index (κ2) is 7.97. The number of para-hydroxylation sites is 1. The molecule has 0 fully saturated rings. The molecule has 0 aliphatic carbocycles. The van der Waals surface area contributed by atoms with Crippen molar-refractivity contribution in [2.45, 2.75) is 20.3 Å². The van der Waals surface area contributed by atoms with Crippen molar-refractivity contribution in [2.24, 2.45) is 0 Å². The van der Waals surface area contributed by atoms with E-state index in [9.17, 15) is 9.59 Å². The fourth-order valence-electron chi connectivity index (χ4n) is 2.57. The van der Waals surface area contributed by atoms with Crippen molar-refractivity contribution < 1.29 is 9.59 Å². The van der Waals surface area contributed by atoms with Crippen LogP contribution >= 0.6 is 11.3 Å². The molecule has 3 aromatic rings. The Morgan fingerprint density at radius 1 is 0.923 bits per heavy atom. The summed E-state index contributed by atoms with van der Waals surface area (Å²) in [5.41, 5.74) is 3.96. The molecular formula is C21H20N2O2S. The number of hydrogen-bond acceptors (Lipinski definition) is 3. The van der Waals surface area contributed by atoms with Gasteiger partial charge in [0.1, 0.15) is 0 Å². The third-order valence-electron chi connectivity index (χ3n) is 4.13. The summed E-state index contributed by atoms with van der Waals surface area (Å²) >= 11 is 1.54. The van der Waals surface area contributed by atoms with E-state index in [0.717, 1.165) is 16.1 Å². The second-order valence-electron chi connectivity index (χ2n) is 6.10. The SMILES string of the molecule is Cc1ccc(NC(=O)c2ccccc2NC(=O)Cc2cccs2)cc1C. The van der Waals surface area contributed by atoms with E-state index in [1.165, 1.54) is 16.9 Å². The number of benzene rings is 2. The van der Waals surface area contributed by atoms with E-state index in [1.807, 2.05) is 49.6 Å². The molecule has 0 bridgehead atoms. The van der Waals surface area contributed by atoms with E-state index in [0.29, 0.717) is 17.7 Å². The van der Waals surface area contributed by atoms with E-state index >= 15 is 0 Å². The predicted octanol–water partition coefficient (Wildman–Crippen LogP) is 4.80. The largest absolute Gasteiger partial charge is 0.325 e. The number of aryl methyl sites for hydroxylation is 2. The molecule has 0 aliphatic heterocycles. The average molecular weight is 364 g/mol. The maximum absolute atomic E-state index is 12.7. The van der Waals surface area contributed by atoms with Gasteiger partial charge in [-0.05, 0) is 60.7 Å². The maximum Gasteiger partial charge on any atom is 0.257 e. The van der Waals surface area contributed by atoms with Crippen LogP contribution in [0.5, 0.6) is 0 Å². The van der Waals surface area contributed by atoms with E-state index in [-0.39, 0.29) is 11.8 Å². The molecule has 0 aliphatic rings. The first-order chi connectivity index (χ1) is 12.5. The topological polar surface area (TPSA) is 58.2 Å². The minimum absolute atomic E-state index is 0.140. The molecule has 0 saturated heterocycles. The standard InChI is InChI=1S/C21H20N2O2S/c1-14-9-10-16(12-15(14)2)22-21(25)18-7-3-4-8-19(18)23-20(24)13-17-6-5-11-26-17/h3-12H,13H2,1-2H3,(H,22,25)(H,23,24). The van der Waals surface area contributed by atoms with Crippen LogP contribution in [0.1, 0.15) is 26.4 Å². The van der Waals surface area contributed by atoms with E-state index in [1.54, 1.807) is 24.3 Å². The van der Waals surface area contributed by atoms with Gasteiger partial charge in [0.05, 0.1) is 17.7 Å². The molecular weight excluding hydrogens is 344 g/mol. The van der Waals surface area contributed by atoms with Gasteiger partial charge in [-0.1, -0.05) is 24.3 Å². The predicted molar refractivity (Wildman–Crippen MR) is 107 cm³/mol. The number of nitrogens with one attached hydrogen (secondary N) is 2. The van der Waals surface area contributed by atoms with Crippen LogP contribution in [0, 0.1) is 13.8 Å². The van der Waals surface area contributed by atoms with Crippen molar-refractivity contribution in [2.75, 3.05) is 10.6 Å². The molecule has 2 amide bonds. The highest BCUT2D eigenvalue weighted by Gasteiger charge is 2.14. The zero-order valence-corrected chi connectivity index (χ0v) is 15.5. The van der Waals surface area contributed by atoms with Crippen LogP contribution in [0.4, 0.5) is 11.4 Å². The number of hydrogen-bond donors (Lipinski definition) is 2. The minimum Gasteiger partial charge on any atom is -0.325 e. The first-order valence-electron chi connectivity index (χ1n) is 8.33. The van der Waals surface area contributed by atoms with E-state index in [4.69, 9.17) is 0 Å². The van der Waals surface area contributed by atoms with Gasteiger partial charge in [-0.15, -0.1) is 11.3 Å². The summed E-state index contributed by atoms with van der Waals surface area (Å²) in [4.78, 5) is 25.9. The van der Waals surface area contributed by atoms with Crippen LogP contribution in [-0.4, -0.2) is 11.8 Å². The molecule has 5 heteroatoms. The van der Waals surface area contributed by atoms with Gasteiger partial charge in [0.25, 0.3) is 5.91 Å². The van der Waals surface area contributed by atoms with Crippen LogP contribution in [0.3, 0.4) is 0 Å². The van der Waals surface area contributed by atoms with Crippen molar-refractivity contribution >= 4 is 34.5 Å². The van der Waals surface area contributed by atoms with Gasteiger partial charge in [-0.2, -0.15) is 0 Å². The zero-order valence-electron chi connectivity index (χ0n) is 14.7. The summed E-state index contributed by atoms with van der Waals surface area (Å²) in [5, 5.41) is 7.68. The Morgan fingerprint density at radius 3 is 2.46 bits per heavy atom. The third kappa shape index (κ3) is 4.37. The van der Waals surface area contributed by atoms with Crippen molar-refractivity contribution in [1.82, 2.24) is 0 Å². The molecule has 0 unspecified atom stereocenters. The fourth-order valence-corrected chi connectivity index (χ4v) is 3.28. The van der Waals surface area contributed by atoms with Crippen LogP contribution in [0.2, 0.25) is 0 Å². The quantitative estimate of drug-likeness (QED) is 0.683. The fraction of sp³-hybridized carbons (Fsp3) is 0.143. The molecule has 1 heterocycles. The third-order valence-corrected chi connectivity index (χ3v) is 5.00. The lowest BCUT2D eigenvalue weighted by Crippen LogP contribution is -2.19. The highest BCUT2D eigenvalue weighted by Crippen LogP contribution is 2.20. The van der Waals surface area contributed by atoms with Gasteiger partial charge >= 0.3 is 0 Å². The van der Waals surface area contributed by atoms with Crippen molar-refractivity contribution in [3.05, 3.63) is 81.5 Å². The Hall–Kier alpha value is -2.92. The lowest BCUT2D eigenvalue weighted by Gasteiger charge is -2.12. The summed E-state index contributed by atoms with van der Waals surface area (Å²) in [6.07, 6.45) is 0.296. The Balaban J connectivity index is 1.74. The van der Waals surface area contributed by atoms with E-state index < -0.39 is 0 Å². The number of anilines is 2. The molecule has 3 rings (SSSR count). The molecule has 0 saturated carbocycles. The smallest absolute Gasteiger partial charge is 0.257 e. The van der Waals surface area contributed by atoms with Gasteiger partial charge in [-0.25, -0.2) is 0 Å². The maximum atomic E-state index is 12.7. The first-order valence-corrected chi connectivity index (χ1v) is 9.21. The molecule has 132 valence electrons. The Kier molecular flexibility index (Phi) is 5.49. The Morgan fingerprint density at radius 2 is 1.73 bits per heavy atom. The molecule has 1 aromatic heterocycles. The molecule has 2 aromatic carbocycles. The molecule has 0 radical (unpaired) electrons. The Labute approximate surface area is 156 Å². The van der Waals surface area contributed by atoms with Gasteiger partial charge in [0.15, 0.2) is 0 Å². The monoisotopic (exact) mass is 364 g/mol. The Bertz CT molecular complexity index is 933. The van der Waals surface area contributed by atoms with Gasteiger partial charge in [0.2, 0.25) is 5.91 Å². The normalized spacial score (nSPS) is 10.4. The van der Waals surface area contributed by atoms with Gasteiger partial charge in [-0.3, -0.25) is 9.59 Å². The zero-order chi connectivity index (χ0) is 18.5. The van der Waals surface area contributed by atoms with E-state index in [2.05, 4.69) is 10.6 Å². The summed E-state index contributed by atoms with van der Waals surface area (Å²) in [6, 6.07) is 16.6. The highest BCUT2D eigenvalue weighted by atomic mass is 32.1. The molecule has 4 nitrogen and oxygen atoms in total. The van der Waals surface area contributed by atoms with Crippen LogP contribution in [0.15, 0.2) is 60.0 Å². The molecule has 0 atom stereocenters. The van der Waals surface area contributed by atoms with Crippen LogP contribution < -0.4 is 10.6 Å². The number of rotatable bonds is 5. The van der Waals surface area contributed by atoms with Crippen LogP contribution in [0.25, 0.3) is 0 Å².